The monoisotopic (exact) mass is 200 g/mol. The van der Waals surface area contributed by atoms with E-state index in [0.717, 1.165) is 11.4 Å². The fraction of sp³-hybridized carbons (Fsp3) is 0.385. The van der Waals surface area contributed by atoms with Crippen molar-refractivity contribution in [3.8, 4) is 0 Å². The summed E-state index contributed by atoms with van der Waals surface area (Å²) < 4.78 is 0. The highest BCUT2D eigenvalue weighted by Gasteiger charge is 2.26. The van der Waals surface area contributed by atoms with Gasteiger partial charge in [-0.2, -0.15) is 0 Å². The third-order valence-electron chi connectivity index (χ3n) is 2.65. The van der Waals surface area contributed by atoms with Gasteiger partial charge in [-0.1, -0.05) is 18.2 Å². The van der Waals surface area contributed by atoms with E-state index in [2.05, 4.69) is 37.9 Å². The largest absolute Gasteiger partial charge is 0.286 e. The van der Waals surface area contributed by atoms with Crippen molar-refractivity contribution in [1.29, 1.82) is 0 Å². The Balaban J connectivity index is 2.58. The summed E-state index contributed by atoms with van der Waals surface area (Å²) in [5.41, 5.74) is 4.39. The molecule has 0 saturated carbocycles. The maximum Gasteiger partial charge on any atom is 0.0911 e. The zero-order valence-corrected chi connectivity index (χ0v) is 9.70. The first kappa shape index (κ1) is 10.1. The first-order chi connectivity index (χ1) is 7.03. The second-order valence-electron chi connectivity index (χ2n) is 4.49. The molecular weight excluding hydrogens is 184 g/mol. The molecule has 2 rings (SSSR count). The van der Waals surface area contributed by atoms with E-state index in [0.29, 0.717) is 0 Å². The van der Waals surface area contributed by atoms with Gasteiger partial charge in [0.25, 0.3) is 0 Å². The van der Waals surface area contributed by atoms with Gasteiger partial charge in [-0.05, 0) is 32.4 Å². The SMILES string of the molecule is CN=C1C=CC=C2C(C)=CC(C)(C)N=C21. The molecule has 0 aromatic rings. The highest BCUT2D eigenvalue weighted by atomic mass is 14.9. The lowest BCUT2D eigenvalue weighted by molar-refractivity contribution is 0.649. The summed E-state index contributed by atoms with van der Waals surface area (Å²) in [6, 6.07) is 0. The Labute approximate surface area is 90.8 Å². The molecule has 1 aliphatic heterocycles. The number of aliphatic imine (C=N–C) groups is 2. The van der Waals surface area contributed by atoms with Gasteiger partial charge < -0.3 is 0 Å². The Morgan fingerprint density at radius 1 is 1.33 bits per heavy atom. The fourth-order valence-corrected chi connectivity index (χ4v) is 2.08. The molecule has 2 aliphatic rings. The molecule has 0 aromatic carbocycles. The Morgan fingerprint density at radius 2 is 2.07 bits per heavy atom. The van der Waals surface area contributed by atoms with Crippen molar-refractivity contribution in [2.45, 2.75) is 26.3 Å². The van der Waals surface area contributed by atoms with Gasteiger partial charge in [0.1, 0.15) is 0 Å². The molecule has 78 valence electrons. The average Bonchev–Trinajstić information content (AvgIpc) is 2.15. The minimum Gasteiger partial charge on any atom is -0.286 e. The molecule has 0 fully saturated rings. The molecule has 1 aliphatic carbocycles. The molecule has 2 heteroatoms. The average molecular weight is 200 g/mol. The van der Waals surface area contributed by atoms with E-state index in [1.807, 2.05) is 19.2 Å². The van der Waals surface area contributed by atoms with E-state index in [4.69, 9.17) is 4.99 Å². The highest BCUT2D eigenvalue weighted by Crippen LogP contribution is 2.28. The Bertz CT molecular complexity index is 443. The predicted octanol–water partition coefficient (Wildman–Crippen LogP) is 2.73. The number of dihydropyridines is 1. The van der Waals surface area contributed by atoms with Gasteiger partial charge in [-0.15, -0.1) is 0 Å². The van der Waals surface area contributed by atoms with Gasteiger partial charge >= 0.3 is 0 Å². The maximum absolute atomic E-state index is 4.73. The topological polar surface area (TPSA) is 24.7 Å². The van der Waals surface area contributed by atoms with Crippen molar-refractivity contribution in [3.63, 3.8) is 0 Å². The molecule has 15 heavy (non-hydrogen) atoms. The van der Waals surface area contributed by atoms with Crippen LogP contribution in [0.4, 0.5) is 0 Å². The van der Waals surface area contributed by atoms with Crippen LogP contribution < -0.4 is 0 Å². The molecule has 1 heterocycles. The second-order valence-corrected chi connectivity index (χ2v) is 4.49. The summed E-state index contributed by atoms with van der Waals surface area (Å²) >= 11 is 0. The molecule has 2 nitrogen and oxygen atoms in total. The Kier molecular flexibility index (Phi) is 2.22. The molecule has 0 atom stereocenters. The molecule has 0 spiro atoms. The molecule has 0 unspecified atom stereocenters. The number of hydrogen-bond acceptors (Lipinski definition) is 2. The number of rotatable bonds is 0. The minimum absolute atomic E-state index is 0.113. The van der Waals surface area contributed by atoms with Crippen molar-refractivity contribution in [2.24, 2.45) is 9.98 Å². The van der Waals surface area contributed by atoms with E-state index in [9.17, 15) is 0 Å². The summed E-state index contributed by atoms with van der Waals surface area (Å²) in [4.78, 5) is 8.99. The summed E-state index contributed by atoms with van der Waals surface area (Å²) in [6.07, 6.45) is 8.35. The summed E-state index contributed by atoms with van der Waals surface area (Å²) in [6.45, 7) is 6.37. The van der Waals surface area contributed by atoms with Crippen LogP contribution in [0.1, 0.15) is 20.8 Å². The number of allylic oxidation sites excluding steroid dienone is 5. The summed E-state index contributed by atoms with van der Waals surface area (Å²) in [5.74, 6) is 0. The van der Waals surface area contributed by atoms with E-state index >= 15 is 0 Å². The van der Waals surface area contributed by atoms with Gasteiger partial charge in [-0.25, -0.2) is 0 Å². The molecule has 0 radical (unpaired) electrons. The van der Waals surface area contributed by atoms with Crippen molar-refractivity contribution >= 4 is 11.4 Å². The summed E-state index contributed by atoms with van der Waals surface area (Å²) in [5, 5.41) is 0. The van der Waals surface area contributed by atoms with E-state index in [1.54, 1.807) is 0 Å². The van der Waals surface area contributed by atoms with E-state index in [1.165, 1.54) is 11.1 Å². The van der Waals surface area contributed by atoms with E-state index in [-0.39, 0.29) is 5.54 Å². The fourth-order valence-electron chi connectivity index (χ4n) is 2.08. The lowest BCUT2D eigenvalue weighted by Gasteiger charge is -2.27. The van der Waals surface area contributed by atoms with Crippen LogP contribution in [0.5, 0.6) is 0 Å². The van der Waals surface area contributed by atoms with Gasteiger partial charge in [0.05, 0.1) is 17.0 Å². The maximum atomic E-state index is 4.73. The molecule has 0 amide bonds. The lowest BCUT2D eigenvalue weighted by Crippen LogP contribution is -2.29. The smallest absolute Gasteiger partial charge is 0.0911 e. The zero-order valence-electron chi connectivity index (χ0n) is 9.70. The molecule has 0 aromatic heterocycles. The van der Waals surface area contributed by atoms with Gasteiger partial charge in [0, 0.05) is 12.6 Å². The predicted molar refractivity (Wildman–Crippen MR) is 65.9 cm³/mol. The van der Waals surface area contributed by atoms with Gasteiger partial charge in [0.15, 0.2) is 0 Å². The standard InChI is InChI=1S/C13H16N2/c1-9-8-13(2,3)15-12-10(9)6-5-7-11(12)14-4/h5-8H,1-4H3. The van der Waals surface area contributed by atoms with Gasteiger partial charge in [0.2, 0.25) is 0 Å². The van der Waals surface area contributed by atoms with Crippen molar-refractivity contribution in [3.05, 3.63) is 35.5 Å². The van der Waals surface area contributed by atoms with Crippen LogP contribution in [0.2, 0.25) is 0 Å². The quantitative estimate of drug-likeness (QED) is 0.537. The van der Waals surface area contributed by atoms with Crippen LogP contribution in [0.25, 0.3) is 0 Å². The van der Waals surface area contributed by atoms with Crippen molar-refractivity contribution in [2.75, 3.05) is 7.05 Å². The normalized spacial score (nSPS) is 25.6. The Morgan fingerprint density at radius 3 is 2.73 bits per heavy atom. The van der Waals surface area contributed by atoms with Crippen LogP contribution in [-0.4, -0.2) is 24.0 Å². The molecule has 0 saturated heterocycles. The lowest BCUT2D eigenvalue weighted by atomic mass is 9.87. The Hall–Kier alpha value is -1.44. The van der Waals surface area contributed by atoms with Crippen LogP contribution in [0.3, 0.4) is 0 Å². The first-order valence-corrected chi connectivity index (χ1v) is 5.19. The first-order valence-electron chi connectivity index (χ1n) is 5.19. The number of hydrogen-bond donors (Lipinski definition) is 0. The van der Waals surface area contributed by atoms with Crippen LogP contribution in [0.15, 0.2) is 45.4 Å². The third kappa shape index (κ3) is 1.72. The van der Waals surface area contributed by atoms with Crippen LogP contribution >= 0.6 is 0 Å². The van der Waals surface area contributed by atoms with Gasteiger partial charge in [-0.3, -0.25) is 9.98 Å². The second kappa shape index (κ2) is 3.30. The van der Waals surface area contributed by atoms with Crippen LogP contribution in [0, 0.1) is 0 Å². The van der Waals surface area contributed by atoms with E-state index < -0.39 is 0 Å². The summed E-state index contributed by atoms with van der Waals surface area (Å²) in [7, 11) is 1.81. The van der Waals surface area contributed by atoms with Crippen molar-refractivity contribution in [1.82, 2.24) is 0 Å². The minimum atomic E-state index is -0.113. The molecule has 0 bridgehead atoms. The number of fused-ring (bicyclic) bond motifs is 1. The number of nitrogens with zero attached hydrogens (tertiary/aromatic N) is 2. The van der Waals surface area contributed by atoms with Crippen LogP contribution in [-0.2, 0) is 0 Å². The van der Waals surface area contributed by atoms with Crippen molar-refractivity contribution < 1.29 is 0 Å². The molecule has 0 N–H and O–H groups in total. The molecular formula is C13H16N2. The highest BCUT2D eigenvalue weighted by molar-refractivity contribution is 6.53. The zero-order chi connectivity index (χ0) is 11.1. The third-order valence-corrected chi connectivity index (χ3v) is 2.65.